The minimum Gasteiger partial charge on any atom is -0.444 e. The van der Waals surface area contributed by atoms with Crippen molar-refractivity contribution in [3.63, 3.8) is 0 Å². The van der Waals surface area contributed by atoms with E-state index in [1.165, 1.54) is 0 Å². The number of thiocarbonyl (C=S) groups is 1. The molecule has 0 aromatic heterocycles. The number of rotatable bonds is 1. The average molecular weight is 374 g/mol. The Morgan fingerprint density at radius 2 is 1.64 bits per heavy atom. The standard InChI is InChI=1S/C17H31N3O4S/c1-11-10-12(8-9-20(11)15(22)24-17(5,6)7)18-13(25)19-14(21)23-16(2,3)4/h11-12H,8-10H2,1-7H3,(H2,18,19,21,25). The number of nitrogens with one attached hydrogen (secondary N) is 2. The first kappa shape index (κ1) is 21.5. The van der Waals surface area contributed by atoms with Crippen LogP contribution in [0.5, 0.6) is 0 Å². The third-order valence-electron chi connectivity index (χ3n) is 3.45. The summed E-state index contributed by atoms with van der Waals surface area (Å²) >= 11 is 5.16. The van der Waals surface area contributed by atoms with Crippen molar-refractivity contribution in [1.82, 2.24) is 15.5 Å². The van der Waals surface area contributed by atoms with E-state index in [2.05, 4.69) is 10.6 Å². The van der Waals surface area contributed by atoms with E-state index in [0.717, 1.165) is 12.8 Å². The Morgan fingerprint density at radius 3 is 2.12 bits per heavy atom. The molecular formula is C17H31N3O4S. The monoisotopic (exact) mass is 373 g/mol. The molecule has 1 aliphatic heterocycles. The fourth-order valence-corrected chi connectivity index (χ4v) is 2.76. The average Bonchev–Trinajstić information content (AvgIpc) is 2.33. The van der Waals surface area contributed by atoms with Crippen LogP contribution in [0.3, 0.4) is 0 Å². The van der Waals surface area contributed by atoms with Gasteiger partial charge >= 0.3 is 12.2 Å². The van der Waals surface area contributed by atoms with Crippen molar-refractivity contribution in [2.75, 3.05) is 6.54 Å². The molecule has 1 rings (SSSR count). The van der Waals surface area contributed by atoms with Crippen molar-refractivity contribution < 1.29 is 19.1 Å². The lowest BCUT2D eigenvalue weighted by molar-refractivity contribution is 0.0100. The van der Waals surface area contributed by atoms with Gasteiger partial charge in [0.05, 0.1) is 0 Å². The van der Waals surface area contributed by atoms with Crippen LogP contribution in [0, 0.1) is 0 Å². The molecule has 144 valence electrons. The number of alkyl carbamates (subject to hydrolysis) is 1. The number of hydrogen-bond acceptors (Lipinski definition) is 5. The molecule has 2 N–H and O–H groups in total. The van der Waals surface area contributed by atoms with Crippen molar-refractivity contribution in [1.29, 1.82) is 0 Å². The lowest BCUT2D eigenvalue weighted by Crippen LogP contribution is -2.54. The lowest BCUT2D eigenvalue weighted by Gasteiger charge is -2.38. The number of amides is 2. The molecule has 0 saturated carbocycles. The predicted molar refractivity (Wildman–Crippen MR) is 101 cm³/mol. The summed E-state index contributed by atoms with van der Waals surface area (Å²) < 4.78 is 10.6. The van der Waals surface area contributed by atoms with E-state index in [0.29, 0.717) is 6.54 Å². The van der Waals surface area contributed by atoms with Gasteiger partial charge in [0.25, 0.3) is 0 Å². The van der Waals surface area contributed by atoms with Crippen LogP contribution in [0.4, 0.5) is 9.59 Å². The van der Waals surface area contributed by atoms with Gasteiger partial charge in [-0.15, -0.1) is 0 Å². The van der Waals surface area contributed by atoms with Gasteiger partial charge in [0.1, 0.15) is 11.2 Å². The summed E-state index contributed by atoms with van der Waals surface area (Å²) in [4.78, 5) is 25.7. The summed E-state index contributed by atoms with van der Waals surface area (Å²) in [7, 11) is 0. The number of hydrogen-bond donors (Lipinski definition) is 2. The second-order valence-electron chi connectivity index (χ2n) is 8.34. The van der Waals surface area contributed by atoms with Crippen LogP contribution in [0.25, 0.3) is 0 Å². The smallest absolute Gasteiger partial charge is 0.413 e. The van der Waals surface area contributed by atoms with Crippen molar-refractivity contribution >= 4 is 29.5 Å². The fourth-order valence-electron chi connectivity index (χ4n) is 2.51. The van der Waals surface area contributed by atoms with Crippen LogP contribution < -0.4 is 10.6 Å². The number of piperidine rings is 1. The molecule has 0 bridgehead atoms. The van der Waals surface area contributed by atoms with E-state index < -0.39 is 17.3 Å². The summed E-state index contributed by atoms with van der Waals surface area (Å²) in [6, 6.07) is 0.0987. The molecule has 1 aliphatic rings. The maximum atomic E-state index is 12.2. The van der Waals surface area contributed by atoms with Gasteiger partial charge in [-0.25, -0.2) is 9.59 Å². The first-order valence-electron chi connectivity index (χ1n) is 8.57. The normalized spacial score (nSPS) is 21.3. The van der Waals surface area contributed by atoms with Gasteiger partial charge in [0, 0.05) is 18.6 Å². The molecule has 0 aromatic carbocycles. The Morgan fingerprint density at radius 1 is 1.08 bits per heavy atom. The van der Waals surface area contributed by atoms with Crippen LogP contribution in [0.15, 0.2) is 0 Å². The highest BCUT2D eigenvalue weighted by Crippen LogP contribution is 2.20. The highest BCUT2D eigenvalue weighted by molar-refractivity contribution is 7.80. The predicted octanol–water partition coefficient (Wildman–Crippen LogP) is 3.17. The molecule has 0 radical (unpaired) electrons. The summed E-state index contributed by atoms with van der Waals surface area (Å²) in [6.45, 7) is 13.5. The minimum atomic E-state index is -0.579. The quantitative estimate of drug-likeness (QED) is 0.687. The molecule has 0 aliphatic carbocycles. The number of carbonyl (C=O) groups excluding carboxylic acids is 2. The lowest BCUT2D eigenvalue weighted by atomic mass is 9.99. The maximum Gasteiger partial charge on any atom is 0.413 e. The van der Waals surface area contributed by atoms with Crippen LogP contribution >= 0.6 is 12.2 Å². The molecule has 2 amide bonds. The van der Waals surface area contributed by atoms with Crippen molar-refractivity contribution in [3.8, 4) is 0 Å². The van der Waals surface area contributed by atoms with Crippen LogP contribution in [-0.2, 0) is 9.47 Å². The van der Waals surface area contributed by atoms with E-state index in [1.807, 2.05) is 27.7 Å². The molecule has 25 heavy (non-hydrogen) atoms. The Bertz CT molecular complexity index is 511. The fraction of sp³-hybridized carbons (Fsp3) is 0.824. The largest absolute Gasteiger partial charge is 0.444 e. The van der Waals surface area contributed by atoms with Gasteiger partial charge in [0.15, 0.2) is 5.11 Å². The van der Waals surface area contributed by atoms with E-state index >= 15 is 0 Å². The number of carbonyl (C=O) groups is 2. The van der Waals surface area contributed by atoms with E-state index in [1.54, 1.807) is 25.7 Å². The number of ether oxygens (including phenoxy) is 2. The van der Waals surface area contributed by atoms with Crippen molar-refractivity contribution in [2.24, 2.45) is 0 Å². The number of likely N-dealkylation sites (tertiary alicyclic amines) is 1. The van der Waals surface area contributed by atoms with Gasteiger partial charge in [-0.05, 0) is 73.5 Å². The van der Waals surface area contributed by atoms with Crippen LogP contribution in [0.1, 0.15) is 61.3 Å². The van der Waals surface area contributed by atoms with E-state index in [4.69, 9.17) is 21.7 Å². The zero-order chi connectivity index (χ0) is 19.4. The SMILES string of the molecule is CC1CC(NC(=S)NC(=O)OC(C)(C)C)CCN1C(=O)OC(C)(C)C. The molecule has 2 atom stereocenters. The number of nitrogens with zero attached hydrogens (tertiary/aromatic N) is 1. The molecular weight excluding hydrogens is 342 g/mol. The van der Waals surface area contributed by atoms with Gasteiger partial charge in [0.2, 0.25) is 0 Å². The summed E-state index contributed by atoms with van der Waals surface area (Å²) in [6.07, 6.45) is 0.562. The Hall–Kier alpha value is -1.57. The second kappa shape index (κ2) is 8.21. The van der Waals surface area contributed by atoms with Gasteiger partial charge in [-0.1, -0.05) is 0 Å². The molecule has 7 nitrogen and oxygen atoms in total. The van der Waals surface area contributed by atoms with Gasteiger partial charge < -0.3 is 19.7 Å². The first-order valence-corrected chi connectivity index (χ1v) is 8.98. The first-order chi connectivity index (χ1) is 11.3. The molecule has 0 spiro atoms. The Kier molecular flexibility index (Phi) is 7.05. The third kappa shape index (κ3) is 8.38. The minimum absolute atomic E-state index is 0.0189. The second-order valence-corrected chi connectivity index (χ2v) is 8.75. The topological polar surface area (TPSA) is 79.9 Å². The molecule has 2 unspecified atom stereocenters. The van der Waals surface area contributed by atoms with Crippen molar-refractivity contribution in [2.45, 2.75) is 84.6 Å². The van der Waals surface area contributed by atoms with Crippen LogP contribution in [0.2, 0.25) is 0 Å². The van der Waals surface area contributed by atoms with E-state index in [9.17, 15) is 9.59 Å². The highest BCUT2D eigenvalue weighted by atomic mass is 32.1. The Balaban J connectivity index is 2.46. The zero-order valence-corrected chi connectivity index (χ0v) is 17.1. The molecule has 1 heterocycles. The van der Waals surface area contributed by atoms with Gasteiger partial charge in [-0.3, -0.25) is 5.32 Å². The van der Waals surface area contributed by atoms with Crippen LogP contribution in [-0.4, -0.2) is 52.0 Å². The van der Waals surface area contributed by atoms with Crippen molar-refractivity contribution in [3.05, 3.63) is 0 Å². The molecule has 1 saturated heterocycles. The maximum absolute atomic E-state index is 12.2. The van der Waals surface area contributed by atoms with E-state index in [-0.39, 0.29) is 23.3 Å². The Labute approximate surface area is 155 Å². The summed E-state index contributed by atoms with van der Waals surface area (Å²) in [5.74, 6) is 0. The molecule has 8 heteroatoms. The molecule has 1 fully saturated rings. The third-order valence-corrected chi connectivity index (χ3v) is 3.67. The summed E-state index contributed by atoms with van der Waals surface area (Å²) in [5.41, 5.74) is -1.09. The van der Waals surface area contributed by atoms with Gasteiger partial charge in [-0.2, -0.15) is 0 Å². The highest BCUT2D eigenvalue weighted by Gasteiger charge is 2.32. The summed E-state index contributed by atoms with van der Waals surface area (Å²) in [5, 5.41) is 5.87. The zero-order valence-electron chi connectivity index (χ0n) is 16.3. The molecule has 0 aromatic rings.